The molecule has 0 saturated heterocycles. The van der Waals surface area contributed by atoms with E-state index in [1.54, 1.807) is 0 Å². The molecule has 0 aliphatic rings. The smallest absolute Gasteiger partial charge is 0.322 e. The molecule has 0 saturated carbocycles. The Morgan fingerprint density at radius 2 is 2.38 bits per heavy atom. The largest absolute Gasteiger partial charge is 0.339 e. The summed E-state index contributed by atoms with van der Waals surface area (Å²) < 4.78 is 0. The van der Waals surface area contributed by atoms with Crippen molar-refractivity contribution >= 4 is 5.91 Å². The summed E-state index contributed by atoms with van der Waals surface area (Å²) in [4.78, 5) is 10.6. The molecule has 3 nitrogen and oxygen atoms in total. The Morgan fingerprint density at radius 3 is 3.00 bits per heavy atom. The zero-order chi connectivity index (χ0) is 9.68. The van der Waals surface area contributed by atoms with E-state index >= 15 is 0 Å². The van der Waals surface area contributed by atoms with Crippen LogP contribution in [0.2, 0.25) is 0 Å². The van der Waals surface area contributed by atoms with Crippen molar-refractivity contribution in [3.8, 4) is 6.07 Å². The minimum Gasteiger partial charge on any atom is -0.339 e. The molecule has 0 bridgehead atoms. The zero-order valence-electron chi connectivity index (χ0n) is 7.37. The van der Waals surface area contributed by atoms with E-state index in [1.165, 1.54) is 6.07 Å². The summed E-state index contributed by atoms with van der Waals surface area (Å²) in [6.07, 6.45) is 0. The van der Waals surface area contributed by atoms with Gasteiger partial charge < -0.3 is 5.32 Å². The van der Waals surface area contributed by atoms with Crippen molar-refractivity contribution in [1.82, 2.24) is 5.32 Å². The Hall–Kier alpha value is -1.82. The van der Waals surface area contributed by atoms with Crippen LogP contribution in [0.25, 0.3) is 0 Å². The summed E-state index contributed by atoms with van der Waals surface area (Å²) >= 11 is 0. The third-order valence-electron chi connectivity index (χ3n) is 1.64. The van der Waals surface area contributed by atoms with E-state index < -0.39 is 5.91 Å². The van der Waals surface area contributed by atoms with E-state index in [-0.39, 0.29) is 0 Å². The van der Waals surface area contributed by atoms with Crippen LogP contribution in [0.15, 0.2) is 24.3 Å². The van der Waals surface area contributed by atoms with Crippen molar-refractivity contribution in [3.05, 3.63) is 35.4 Å². The van der Waals surface area contributed by atoms with Crippen LogP contribution in [0, 0.1) is 18.3 Å². The molecule has 0 radical (unpaired) electrons. The lowest BCUT2D eigenvalue weighted by molar-refractivity contribution is -0.116. The lowest BCUT2D eigenvalue weighted by Gasteiger charge is -2.01. The molecule has 1 N–H and O–H groups in total. The number of carbonyl (C=O) groups is 1. The van der Waals surface area contributed by atoms with Gasteiger partial charge in [-0.05, 0) is 12.5 Å². The van der Waals surface area contributed by atoms with Gasteiger partial charge in [-0.1, -0.05) is 29.8 Å². The Balaban J connectivity index is 2.56. The van der Waals surface area contributed by atoms with Crippen molar-refractivity contribution in [1.29, 1.82) is 5.26 Å². The molecule has 0 fully saturated rings. The number of hydrogen-bond donors (Lipinski definition) is 1. The summed E-state index contributed by atoms with van der Waals surface area (Å²) in [5.41, 5.74) is 2.15. The first-order valence-electron chi connectivity index (χ1n) is 3.96. The molecular weight excluding hydrogens is 164 g/mol. The minimum absolute atomic E-state index is 0.411. The Morgan fingerprint density at radius 1 is 1.62 bits per heavy atom. The van der Waals surface area contributed by atoms with Crippen LogP contribution < -0.4 is 5.32 Å². The Kier molecular flexibility index (Phi) is 3.04. The monoisotopic (exact) mass is 174 g/mol. The highest BCUT2D eigenvalue weighted by molar-refractivity contribution is 5.91. The number of rotatable bonds is 2. The average Bonchev–Trinajstić information content (AvgIpc) is 2.14. The van der Waals surface area contributed by atoms with Crippen LogP contribution >= 0.6 is 0 Å². The molecule has 1 rings (SSSR count). The van der Waals surface area contributed by atoms with Gasteiger partial charge in [0.15, 0.2) is 6.07 Å². The van der Waals surface area contributed by atoms with Crippen LogP contribution in [-0.4, -0.2) is 5.91 Å². The summed E-state index contributed by atoms with van der Waals surface area (Å²) in [6, 6.07) is 9.28. The maximum absolute atomic E-state index is 10.6. The quantitative estimate of drug-likeness (QED) is 0.683. The highest BCUT2D eigenvalue weighted by Crippen LogP contribution is 2.02. The van der Waals surface area contributed by atoms with Gasteiger partial charge >= 0.3 is 5.91 Å². The minimum atomic E-state index is -0.596. The number of carbonyl (C=O) groups excluding carboxylic acids is 1. The van der Waals surface area contributed by atoms with Gasteiger partial charge in [-0.2, -0.15) is 5.26 Å². The Bertz CT molecular complexity index is 352. The maximum atomic E-state index is 10.6. The second-order valence-corrected chi connectivity index (χ2v) is 2.78. The molecule has 0 aliphatic carbocycles. The molecule has 0 aromatic heterocycles. The van der Waals surface area contributed by atoms with Gasteiger partial charge in [0.25, 0.3) is 0 Å². The van der Waals surface area contributed by atoms with Crippen molar-refractivity contribution < 1.29 is 4.79 Å². The molecule has 1 amide bonds. The van der Waals surface area contributed by atoms with Crippen LogP contribution in [0.3, 0.4) is 0 Å². The SMILES string of the molecule is Cc1cccc(CNC(=O)C#N)c1. The Labute approximate surface area is 77.0 Å². The first kappa shape index (κ1) is 9.27. The van der Waals surface area contributed by atoms with Gasteiger partial charge in [-0.3, -0.25) is 4.79 Å². The number of nitriles is 1. The molecule has 3 heteroatoms. The zero-order valence-corrected chi connectivity index (χ0v) is 7.37. The predicted octanol–water partition coefficient (Wildman–Crippen LogP) is 1.13. The fraction of sp³-hybridized carbons (Fsp3) is 0.200. The van der Waals surface area contributed by atoms with Gasteiger partial charge in [-0.25, -0.2) is 0 Å². The first-order valence-corrected chi connectivity index (χ1v) is 3.96. The van der Waals surface area contributed by atoms with E-state index in [4.69, 9.17) is 5.26 Å². The van der Waals surface area contributed by atoms with Crippen molar-refractivity contribution in [2.75, 3.05) is 0 Å². The van der Waals surface area contributed by atoms with E-state index in [2.05, 4.69) is 5.32 Å². The van der Waals surface area contributed by atoms with Crippen LogP contribution in [0.1, 0.15) is 11.1 Å². The molecule has 1 aromatic carbocycles. The summed E-state index contributed by atoms with van der Waals surface area (Å²) in [5, 5.41) is 10.7. The molecule has 13 heavy (non-hydrogen) atoms. The number of nitrogens with zero attached hydrogens (tertiary/aromatic N) is 1. The topological polar surface area (TPSA) is 52.9 Å². The van der Waals surface area contributed by atoms with Gasteiger partial charge in [0, 0.05) is 6.54 Å². The normalized spacial score (nSPS) is 8.92. The highest BCUT2D eigenvalue weighted by atomic mass is 16.1. The highest BCUT2D eigenvalue weighted by Gasteiger charge is 1.97. The third-order valence-corrected chi connectivity index (χ3v) is 1.64. The van der Waals surface area contributed by atoms with E-state index in [1.807, 2.05) is 31.2 Å². The van der Waals surface area contributed by atoms with Crippen molar-refractivity contribution in [3.63, 3.8) is 0 Å². The van der Waals surface area contributed by atoms with E-state index in [0.29, 0.717) is 6.54 Å². The summed E-state index contributed by atoms with van der Waals surface area (Å²) in [5.74, 6) is -0.596. The number of aryl methyl sites for hydroxylation is 1. The van der Waals surface area contributed by atoms with E-state index in [9.17, 15) is 4.79 Å². The van der Waals surface area contributed by atoms with Gasteiger partial charge in [0.2, 0.25) is 0 Å². The molecular formula is C10H10N2O. The molecule has 0 aliphatic heterocycles. The summed E-state index contributed by atoms with van der Waals surface area (Å²) in [6.45, 7) is 2.39. The van der Waals surface area contributed by atoms with Crippen molar-refractivity contribution in [2.24, 2.45) is 0 Å². The molecule has 0 heterocycles. The molecule has 66 valence electrons. The average molecular weight is 174 g/mol. The van der Waals surface area contributed by atoms with Gasteiger partial charge in [-0.15, -0.1) is 0 Å². The second kappa shape index (κ2) is 4.27. The number of benzene rings is 1. The lowest BCUT2D eigenvalue weighted by Crippen LogP contribution is -2.20. The fourth-order valence-corrected chi connectivity index (χ4v) is 1.04. The van der Waals surface area contributed by atoms with Crippen LogP contribution in [-0.2, 0) is 11.3 Å². The first-order chi connectivity index (χ1) is 6.22. The predicted molar refractivity (Wildman–Crippen MR) is 48.6 cm³/mol. The molecule has 1 aromatic rings. The number of nitrogens with one attached hydrogen (secondary N) is 1. The number of hydrogen-bond acceptors (Lipinski definition) is 2. The maximum Gasteiger partial charge on any atom is 0.322 e. The van der Waals surface area contributed by atoms with Gasteiger partial charge in [0.05, 0.1) is 0 Å². The van der Waals surface area contributed by atoms with Crippen LogP contribution in [0.4, 0.5) is 0 Å². The summed E-state index contributed by atoms with van der Waals surface area (Å²) in [7, 11) is 0. The fourth-order valence-electron chi connectivity index (χ4n) is 1.04. The standard InChI is InChI=1S/C10H10N2O/c1-8-3-2-4-9(5-8)7-12-10(13)6-11/h2-5H,7H2,1H3,(H,12,13). The lowest BCUT2D eigenvalue weighted by atomic mass is 10.1. The third kappa shape index (κ3) is 2.96. The van der Waals surface area contributed by atoms with Gasteiger partial charge in [0.1, 0.15) is 0 Å². The van der Waals surface area contributed by atoms with E-state index in [0.717, 1.165) is 11.1 Å². The number of amides is 1. The molecule has 0 spiro atoms. The molecule has 0 unspecified atom stereocenters. The van der Waals surface area contributed by atoms with Crippen molar-refractivity contribution in [2.45, 2.75) is 13.5 Å². The second-order valence-electron chi connectivity index (χ2n) is 2.78. The van der Waals surface area contributed by atoms with Crippen LogP contribution in [0.5, 0.6) is 0 Å². The molecule has 0 atom stereocenters.